The number of benzene rings is 2. The Morgan fingerprint density at radius 2 is 1.58 bits per heavy atom. The predicted octanol–water partition coefficient (Wildman–Crippen LogP) is 3.93. The summed E-state index contributed by atoms with van der Waals surface area (Å²) in [7, 11) is -1.21. The molecule has 0 heterocycles. The molecule has 0 aliphatic heterocycles. The van der Waals surface area contributed by atoms with Gasteiger partial charge in [0, 0.05) is 11.4 Å². The van der Waals surface area contributed by atoms with E-state index in [1.54, 1.807) is 18.2 Å². The van der Waals surface area contributed by atoms with Crippen molar-refractivity contribution in [2.75, 3.05) is 11.5 Å². The van der Waals surface area contributed by atoms with Crippen molar-refractivity contribution in [1.82, 2.24) is 0 Å². The molecule has 2 aromatic carbocycles. The molecule has 0 aromatic heterocycles. The standard InChI is InChI=1S/C14H13Cl2NOS/c15-12-2-1-3-13(16)14(12)19(18)9-8-10-4-6-11(17)7-5-10/h1-7H,8-9,17H2. The van der Waals surface area contributed by atoms with E-state index >= 15 is 0 Å². The summed E-state index contributed by atoms with van der Waals surface area (Å²) < 4.78 is 12.2. The Balaban J connectivity index is 2.07. The van der Waals surface area contributed by atoms with Crippen molar-refractivity contribution in [3.8, 4) is 0 Å². The second-order valence-electron chi connectivity index (χ2n) is 4.09. The van der Waals surface area contributed by atoms with E-state index in [0.29, 0.717) is 27.1 Å². The van der Waals surface area contributed by atoms with Crippen LogP contribution < -0.4 is 5.73 Å². The number of nitrogens with two attached hydrogens (primary N) is 1. The number of nitrogen functional groups attached to an aromatic ring is 1. The Morgan fingerprint density at radius 1 is 1.00 bits per heavy atom. The summed E-state index contributed by atoms with van der Waals surface area (Å²) in [5.74, 6) is 0.480. The van der Waals surface area contributed by atoms with Crippen molar-refractivity contribution in [2.24, 2.45) is 0 Å². The fraction of sp³-hybridized carbons (Fsp3) is 0.143. The summed E-state index contributed by atoms with van der Waals surface area (Å²) in [6, 6.07) is 12.7. The van der Waals surface area contributed by atoms with Crippen molar-refractivity contribution in [2.45, 2.75) is 11.3 Å². The van der Waals surface area contributed by atoms with Gasteiger partial charge in [0.15, 0.2) is 0 Å². The highest BCUT2D eigenvalue weighted by Gasteiger charge is 2.12. The Kier molecular flexibility index (Phi) is 4.86. The predicted molar refractivity (Wildman–Crippen MR) is 82.3 cm³/mol. The molecule has 0 aliphatic carbocycles. The van der Waals surface area contributed by atoms with Gasteiger partial charge in [-0.25, -0.2) is 0 Å². The van der Waals surface area contributed by atoms with Gasteiger partial charge in [-0.2, -0.15) is 0 Å². The molecule has 0 bridgehead atoms. The minimum absolute atomic E-state index is 0.447. The Hall–Kier alpha value is -1.03. The summed E-state index contributed by atoms with van der Waals surface area (Å²) in [4.78, 5) is 0.515. The number of hydrogen-bond donors (Lipinski definition) is 1. The van der Waals surface area contributed by atoms with Crippen molar-refractivity contribution in [3.63, 3.8) is 0 Å². The van der Waals surface area contributed by atoms with Crippen LogP contribution in [-0.4, -0.2) is 9.96 Å². The summed E-state index contributed by atoms with van der Waals surface area (Å²) in [5.41, 5.74) is 7.43. The summed E-state index contributed by atoms with van der Waals surface area (Å²) in [6.07, 6.45) is 0.689. The number of hydrogen-bond acceptors (Lipinski definition) is 2. The van der Waals surface area contributed by atoms with Crippen molar-refractivity contribution >= 4 is 39.7 Å². The first-order valence-electron chi connectivity index (χ1n) is 5.75. The molecule has 0 saturated heterocycles. The molecule has 2 aromatic rings. The Morgan fingerprint density at radius 3 is 2.16 bits per heavy atom. The van der Waals surface area contributed by atoms with Crippen LogP contribution in [0.2, 0.25) is 10.0 Å². The van der Waals surface area contributed by atoms with Gasteiger partial charge in [-0.15, -0.1) is 0 Å². The average Bonchev–Trinajstić information content (AvgIpc) is 2.38. The maximum Gasteiger partial charge on any atom is 0.0760 e. The fourth-order valence-corrected chi connectivity index (χ4v) is 3.81. The van der Waals surface area contributed by atoms with E-state index in [9.17, 15) is 4.21 Å². The van der Waals surface area contributed by atoms with Crippen LogP contribution in [0.5, 0.6) is 0 Å². The summed E-state index contributed by atoms with van der Waals surface area (Å²) in [6.45, 7) is 0. The third-order valence-electron chi connectivity index (χ3n) is 2.70. The van der Waals surface area contributed by atoms with Crippen LogP contribution in [0, 0.1) is 0 Å². The Labute approximate surface area is 125 Å². The third kappa shape index (κ3) is 3.72. The highest BCUT2D eigenvalue weighted by Crippen LogP contribution is 2.28. The lowest BCUT2D eigenvalue weighted by atomic mass is 10.2. The van der Waals surface area contributed by atoms with Crippen LogP contribution in [-0.2, 0) is 17.2 Å². The lowest BCUT2D eigenvalue weighted by Crippen LogP contribution is -2.03. The minimum atomic E-state index is -1.21. The second kappa shape index (κ2) is 6.42. The first-order valence-corrected chi connectivity index (χ1v) is 7.82. The van der Waals surface area contributed by atoms with Gasteiger partial charge in [0.05, 0.1) is 25.7 Å². The van der Waals surface area contributed by atoms with Crippen LogP contribution in [0.4, 0.5) is 5.69 Å². The maximum absolute atomic E-state index is 12.2. The van der Waals surface area contributed by atoms with Gasteiger partial charge in [-0.3, -0.25) is 4.21 Å². The molecule has 1 atom stereocenters. The van der Waals surface area contributed by atoms with Gasteiger partial charge in [0.25, 0.3) is 0 Å². The van der Waals surface area contributed by atoms with Crippen molar-refractivity contribution in [3.05, 3.63) is 58.1 Å². The van der Waals surface area contributed by atoms with E-state index in [1.165, 1.54) is 0 Å². The molecule has 0 amide bonds. The lowest BCUT2D eigenvalue weighted by molar-refractivity contribution is 0.682. The molecule has 0 fully saturated rings. The lowest BCUT2D eigenvalue weighted by Gasteiger charge is -2.07. The van der Waals surface area contributed by atoms with E-state index in [1.807, 2.05) is 24.3 Å². The average molecular weight is 314 g/mol. The maximum atomic E-state index is 12.2. The highest BCUT2D eigenvalue weighted by atomic mass is 35.5. The molecule has 0 spiro atoms. The molecule has 2 N–H and O–H groups in total. The van der Waals surface area contributed by atoms with Gasteiger partial charge < -0.3 is 5.73 Å². The quantitative estimate of drug-likeness (QED) is 0.869. The van der Waals surface area contributed by atoms with E-state index in [-0.39, 0.29) is 0 Å². The van der Waals surface area contributed by atoms with Crippen LogP contribution in [0.15, 0.2) is 47.4 Å². The van der Waals surface area contributed by atoms with Gasteiger partial charge in [-0.05, 0) is 36.2 Å². The van der Waals surface area contributed by atoms with Crippen LogP contribution in [0.25, 0.3) is 0 Å². The molecule has 2 nitrogen and oxygen atoms in total. The highest BCUT2D eigenvalue weighted by molar-refractivity contribution is 7.85. The first-order chi connectivity index (χ1) is 9.08. The van der Waals surface area contributed by atoms with Crippen LogP contribution >= 0.6 is 23.2 Å². The van der Waals surface area contributed by atoms with E-state index < -0.39 is 10.8 Å². The normalized spacial score (nSPS) is 12.3. The molecule has 19 heavy (non-hydrogen) atoms. The van der Waals surface area contributed by atoms with E-state index in [2.05, 4.69) is 0 Å². The molecule has 2 rings (SSSR count). The monoisotopic (exact) mass is 313 g/mol. The third-order valence-corrected chi connectivity index (χ3v) is 5.03. The molecule has 0 radical (unpaired) electrons. The van der Waals surface area contributed by atoms with Gasteiger partial charge in [0.1, 0.15) is 0 Å². The van der Waals surface area contributed by atoms with Crippen molar-refractivity contribution < 1.29 is 4.21 Å². The molecule has 0 aliphatic rings. The second-order valence-corrected chi connectivity index (χ2v) is 6.41. The first kappa shape index (κ1) is 14.4. The summed E-state index contributed by atoms with van der Waals surface area (Å²) >= 11 is 12.1. The zero-order valence-electron chi connectivity index (χ0n) is 10.1. The number of anilines is 1. The SMILES string of the molecule is Nc1ccc(CCS(=O)c2c(Cl)cccc2Cl)cc1. The van der Waals surface area contributed by atoms with Crippen molar-refractivity contribution in [1.29, 1.82) is 0 Å². The number of aryl methyl sites for hydroxylation is 1. The molecular formula is C14H13Cl2NOS. The van der Waals surface area contributed by atoms with Gasteiger partial charge in [-0.1, -0.05) is 41.4 Å². The zero-order chi connectivity index (χ0) is 13.8. The molecule has 5 heteroatoms. The number of rotatable bonds is 4. The van der Waals surface area contributed by atoms with E-state index in [4.69, 9.17) is 28.9 Å². The zero-order valence-corrected chi connectivity index (χ0v) is 12.4. The largest absolute Gasteiger partial charge is 0.399 e. The van der Waals surface area contributed by atoms with Gasteiger partial charge >= 0.3 is 0 Å². The smallest absolute Gasteiger partial charge is 0.0760 e. The number of halogens is 2. The molecule has 100 valence electrons. The van der Waals surface area contributed by atoms with Crippen LogP contribution in [0.3, 0.4) is 0 Å². The molecule has 0 saturated carbocycles. The van der Waals surface area contributed by atoms with Crippen LogP contribution in [0.1, 0.15) is 5.56 Å². The topological polar surface area (TPSA) is 43.1 Å². The minimum Gasteiger partial charge on any atom is -0.399 e. The van der Waals surface area contributed by atoms with E-state index in [0.717, 1.165) is 11.3 Å². The molecular weight excluding hydrogens is 301 g/mol. The summed E-state index contributed by atoms with van der Waals surface area (Å²) in [5, 5.41) is 0.895. The Bertz CT molecular complexity index is 579. The molecule has 1 unspecified atom stereocenters. The fourth-order valence-electron chi connectivity index (χ4n) is 1.70. The van der Waals surface area contributed by atoms with Gasteiger partial charge in [0.2, 0.25) is 0 Å².